The number of ether oxygens (including phenoxy) is 3. The molecule has 1 heterocycles. The van der Waals surface area contributed by atoms with Crippen LogP contribution in [0.2, 0.25) is 0 Å². The molecule has 12 nitrogen and oxygen atoms in total. The Kier molecular flexibility index (Phi) is 11.3. The smallest absolute Gasteiger partial charge is 0.252 e. The van der Waals surface area contributed by atoms with E-state index in [1.807, 2.05) is 0 Å². The molecule has 0 unspecified atom stereocenters. The average Bonchev–Trinajstić information content (AvgIpc) is 3.44. The molecule has 44 heavy (non-hydrogen) atoms. The first kappa shape index (κ1) is 32.5. The quantitative estimate of drug-likeness (QED) is 0.101. The lowest BCUT2D eigenvalue weighted by molar-refractivity contribution is -0.129. The maximum atomic E-state index is 14.1. The van der Waals surface area contributed by atoms with Crippen molar-refractivity contribution in [2.24, 2.45) is 10.1 Å². The lowest BCUT2D eigenvalue weighted by Crippen LogP contribution is -2.49. The Morgan fingerprint density at radius 3 is 2.50 bits per heavy atom. The number of nitrogens with one attached hydrogen (secondary N) is 1. The molecule has 2 atom stereocenters. The van der Waals surface area contributed by atoms with Gasteiger partial charge in [0, 0.05) is 61.4 Å². The highest BCUT2D eigenvalue weighted by Crippen LogP contribution is 2.45. The van der Waals surface area contributed by atoms with E-state index in [1.54, 1.807) is 73.8 Å². The number of carbonyl (C=O) groups excluding carboxylic acids is 1. The van der Waals surface area contributed by atoms with Gasteiger partial charge in [0.1, 0.15) is 5.75 Å². The van der Waals surface area contributed by atoms with Gasteiger partial charge in [-0.05, 0) is 48.4 Å². The number of azide groups is 1. The van der Waals surface area contributed by atoms with E-state index in [9.17, 15) is 18.7 Å². The number of carbonyl (C=O) groups is 1. The van der Waals surface area contributed by atoms with Crippen LogP contribution in [0.5, 0.6) is 5.75 Å². The second-order valence-corrected chi connectivity index (χ2v) is 12.1. The molecule has 0 aliphatic carbocycles. The highest BCUT2D eigenvalue weighted by Gasteiger charge is 2.54. The minimum atomic E-state index is -3.81. The normalized spacial score (nSPS) is 17.7. The van der Waals surface area contributed by atoms with Gasteiger partial charge >= 0.3 is 0 Å². The number of amides is 1. The molecule has 0 aromatic heterocycles. The molecule has 2 N–H and O–H groups in total. The van der Waals surface area contributed by atoms with Crippen LogP contribution in [0.3, 0.4) is 0 Å². The number of aliphatic hydroxyl groups is 1. The predicted molar refractivity (Wildman–Crippen MR) is 165 cm³/mol. The number of sulfone groups is 1. The van der Waals surface area contributed by atoms with E-state index in [0.29, 0.717) is 42.9 Å². The lowest BCUT2D eigenvalue weighted by atomic mass is 9.84. The Hall–Kier alpha value is -4.42. The number of nitrogens with zero attached hydrogens (tertiary/aromatic N) is 4. The molecule has 232 valence electrons. The molecule has 1 amide bonds. The van der Waals surface area contributed by atoms with Crippen molar-refractivity contribution in [1.82, 2.24) is 5.32 Å². The highest BCUT2D eigenvalue weighted by molar-refractivity contribution is 7.91. The van der Waals surface area contributed by atoms with Gasteiger partial charge in [-0.25, -0.2) is 13.4 Å². The van der Waals surface area contributed by atoms with Crippen LogP contribution in [0.25, 0.3) is 10.4 Å². The molecule has 3 aromatic rings. The lowest BCUT2D eigenvalue weighted by Gasteiger charge is -2.31. The molecule has 0 fully saturated rings. The zero-order chi connectivity index (χ0) is 31.4. The van der Waals surface area contributed by atoms with Gasteiger partial charge in [-0.2, -0.15) is 0 Å². The molecule has 1 aliphatic heterocycles. The minimum absolute atomic E-state index is 0.0110. The van der Waals surface area contributed by atoms with E-state index in [0.717, 1.165) is 0 Å². The molecule has 4 rings (SSSR count). The minimum Gasteiger partial charge on any atom is -0.494 e. The van der Waals surface area contributed by atoms with E-state index < -0.39 is 33.1 Å². The number of hydrogen-bond acceptors (Lipinski definition) is 9. The zero-order valence-electron chi connectivity index (χ0n) is 24.3. The topological polar surface area (TPSA) is 172 Å². The Balaban J connectivity index is 1.79. The predicted octanol–water partition coefficient (Wildman–Crippen LogP) is 4.66. The molecule has 3 aromatic carbocycles. The maximum Gasteiger partial charge on any atom is 0.252 e. The van der Waals surface area contributed by atoms with Crippen molar-refractivity contribution in [3.63, 3.8) is 0 Å². The van der Waals surface area contributed by atoms with Crippen LogP contribution in [0.1, 0.15) is 36.5 Å². The van der Waals surface area contributed by atoms with Crippen LogP contribution in [0.15, 0.2) is 93.9 Å². The van der Waals surface area contributed by atoms with Gasteiger partial charge in [0.15, 0.2) is 21.5 Å². The van der Waals surface area contributed by atoms with E-state index >= 15 is 0 Å². The fourth-order valence-corrected chi connectivity index (χ4v) is 6.19. The van der Waals surface area contributed by atoms with Crippen molar-refractivity contribution in [2.45, 2.75) is 35.8 Å². The number of rotatable bonds is 16. The molecule has 0 spiro atoms. The Bertz CT molecular complexity index is 1590. The van der Waals surface area contributed by atoms with E-state index in [2.05, 4.69) is 15.3 Å². The van der Waals surface area contributed by atoms with Crippen molar-refractivity contribution < 1.29 is 32.5 Å². The third kappa shape index (κ3) is 7.74. The van der Waals surface area contributed by atoms with Gasteiger partial charge in [0.05, 0.1) is 17.3 Å². The number of aliphatic imine (C=N–C) groups is 1. The van der Waals surface area contributed by atoms with Crippen molar-refractivity contribution in [2.75, 3.05) is 39.2 Å². The van der Waals surface area contributed by atoms with Crippen molar-refractivity contribution in [3.05, 3.63) is 100 Å². The van der Waals surface area contributed by atoms with Crippen LogP contribution in [-0.2, 0) is 24.1 Å². The van der Waals surface area contributed by atoms with Gasteiger partial charge in [-0.1, -0.05) is 47.6 Å². The fraction of sp³-hybridized carbons (Fsp3) is 0.355. The summed E-state index contributed by atoms with van der Waals surface area (Å²) in [6.45, 7) is 1.02. The highest BCUT2D eigenvalue weighted by atomic mass is 32.2. The Morgan fingerprint density at radius 2 is 1.80 bits per heavy atom. The first-order valence-corrected chi connectivity index (χ1v) is 15.8. The maximum absolute atomic E-state index is 14.1. The molecular formula is C31H35N5O7S. The number of aliphatic hydroxyl groups excluding tert-OH is 1. The van der Waals surface area contributed by atoms with Crippen LogP contribution >= 0.6 is 0 Å². The van der Waals surface area contributed by atoms with Crippen molar-refractivity contribution >= 4 is 27.3 Å². The second kappa shape index (κ2) is 15.3. The Labute approximate surface area is 256 Å². The summed E-state index contributed by atoms with van der Waals surface area (Å²) in [5, 5.41) is 15.7. The van der Waals surface area contributed by atoms with Crippen LogP contribution in [0, 0.1) is 0 Å². The monoisotopic (exact) mass is 621 g/mol. The summed E-state index contributed by atoms with van der Waals surface area (Å²) < 4.78 is 44.0. The first-order chi connectivity index (χ1) is 21.3. The van der Waals surface area contributed by atoms with Crippen LogP contribution in [-0.4, -0.2) is 70.1 Å². The summed E-state index contributed by atoms with van der Waals surface area (Å²) in [7, 11) is -2.25. The zero-order valence-corrected chi connectivity index (χ0v) is 25.2. The molecule has 0 bridgehead atoms. The average molecular weight is 622 g/mol. The molecule has 0 saturated heterocycles. The third-order valence-corrected chi connectivity index (χ3v) is 8.80. The largest absolute Gasteiger partial charge is 0.494 e. The second-order valence-electron chi connectivity index (χ2n) is 10.0. The van der Waals surface area contributed by atoms with Gasteiger partial charge in [-0.3, -0.25) is 4.79 Å². The van der Waals surface area contributed by atoms with Crippen LogP contribution in [0.4, 0.5) is 5.69 Å². The standard InChI is InChI=1S/C31H35N5O7S/c1-41-20-7-18-33-30(38)31(17-22-44(39,40)25-9-3-2-4-10-25)28(26-11-5-6-12-27(26)35-36-32)43-29(34-31)23-13-15-24(16-14-23)42-21-8-19-37/h2-6,9-16,28,37H,7-8,17-22H2,1H3,(H,33,38)/t28-,31-/m0/s1. The molecule has 0 radical (unpaired) electrons. The van der Waals surface area contributed by atoms with Gasteiger partial charge < -0.3 is 24.6 Å². The molecule has 1 aliphatic rings. The first-order valence-electron chi connectivity index (χ1n) is 14.1. The van der Waals surface area contributed by atoms with E-state index in [4.69, 9.17) is 24.3 Å². The SMILES string of the molecule is COCCCNC(=O)[C@@]1(CCS(=O)(=O)c2ccccc2)N=C(c2ccc(OCCCO)cc2)O[C@H]1c1ccccc1N=[N+]=[N-]. The summed E-state index contributed by atoms with van der Waals surface area (Å²) in [6, 6.07) is 21.5. The molecule has 13 heteroatoms. The van der Waals surface area contributed by atoms with Gasteiger partial charge in [0.25, 0.3) is 5.91 Å². The summed E-state index contributed by atoms with van der Waals surface area (Å²) in [5.74, 6) is -0.240. The number of methoxy groups -OCH3 is 1. The molecule has 0 saturated carbocycles. The Morgan fingerprint density at radius 1 is 1.07 bits per heavy atom. The van der Waals surface area contributed by atoms with Crippen molar-refractivity contribution in [3.8, 4) is 5.75 Å². The van der Waals surface area contributed by atoms with E-state index in [1.165, 1.54) is 12.1 Å². The summed E-state index contributed by atoms with van der Waals surface area (Å²) >= 11 is 0. The third-order valence-electron chi connectivity index (χ3n) is 7.07. The fourth-order valence-electron chi connectivity index (χ4n) is 4.80. The summed E-state index contributed by atoms with van der Waals surface area (Å²) in [5.41, 5.74) is 8.67. The molecular weight excluding hydrogens is 586 g/mol. The van der Waals surface area contributed by atoms with Crippen LogP contribution < -0.4 is 10.1 Å². The summed E-state index contributed by atoms with van der Waals surface area (Å²) in [4.78, 5) is 22.0. The number of hydrogen-bond donors (Lipinski definition) is 2. The van der Waals surface area contributed by atoms with Crippen molar-refractivity contribution in [1.29, 1.82) is 0 Å². The number of benzene rings is 3. The van der Waals surface area contributed by atoms with E-state index in [-0.39, 0.29) is 36.1 Å². The van der Waals surface area contributed by atoms with Gasteiger partial charge in [-0.15, -0.1) is 0 Å². The van der Waals surface area contributed by atoms with Gasteiger partial charge in [0.2, 0.25) is 5.90 Å². The summed E-state index contributed by atoms with van der Waals surface area (Å²) in [6.07, 6.45) is -0.331.